The summed E-state index contributed by atoms with van der Waals surface area (Å²) in [5, 5.41) is 2.96. The first-order valence-electron chi connectivity index (χ1n) is 10.8. The van der Waals surface area contributed by atoms with E-state index in [2.05, 4.69) is 28.2 Å². The maximum absolute atomic E-state index is 13.1. The zero-order valence-electron chi connectivity index (χ0n) is 18.6. The van der Waals surface area contributed by atoms with Gasteiger partial charge in [0.25, 0.3) is 5.91 Å². The Morgan fingerprint density at radius 3 is 2.21 bits per heavy atom. The zero-order chi connectivity index (χ0) is 23.6. The minimum Gasteiger partial charge on any atom is -0.369 e. The standard InChI is InChI=1S/C26H26F3N3O/c1-18-17-21(32-15-13-31(2)14-16-32)11-12-24(18)30-25(33)23-6-4-3-5-22(23)19-7-9-20(10-8-19)26(27,28)29/h3-12,17H,13-16H2,1-2H3,(H,30,33). The Balaban J connectivity index is 1.54. The molecular weight excluding hydrogens is 427 g/mol. The van der Waals surface area contributed by atoms with Gasteiger partial charge < -0.3 is 15.1 Å². The maximum atomic E-state index is 13.1. The SMILES string of the molecule is Cc1cc(N2CCN(C)CC2)ccc1NC(=O)c1ccccc1-c1ccc(C(F)(F)F)cc1. The van der Waals surface area contributed by atoms with E-state index in [4.69, 9.17) is 0 Å². The van der Waals surface area contributed by atoms with Crippen LogP contribution < -0.4 is 10.2 Å². The van der Waals surface area contributed by atoms with E-state index in [1.165, 1.54) is 12.1 Å². The third kappa shape index (κ3) is 5.20. The number of alkyl halides is 3. The highest BCUT2D eigenvalue weighted by Crippen LogP contribution is 2.32. The number of aryl methyl sites for hydroxylation is 1. The molecule has 1 heterocycles. The molecule has 0 aromatic heterocycles. The highest BCUT2D eigenvalue weighted by atomic mass is 19.4. The van der Waals surface area contributed by atoms with Gasteiger partial charge in [-0.15, -0.1) is 0 Å². The van der Waals surface area contributed by atoms with Crippen LogP contribution in [0.3, 0.4) is 0 Å². The van der Waals surface area contributed by atoms with Crippen LogP contribution in [-0.2, 0) is 6.18 Å². The minimum atomic E-state index is -4.40. The van der Waals surface area contributed by atoms with E-state index in [0.29, 0.717) is 22.4 Å². The van der Waals surface area contributed by atoms with Crippen LogP contribution in [0.25, 0.3) is 11.1 Å². The number of hydrogen-bond donors (Lipinski definition) is 1. The molecule has 1 aliphatic rings. The van der Waals surface area contributed by atoms with Gasteiger partial charge in [0.1, 0.15) is 0 Å². The molecule has 0 unspecified atom stereocenters. The molecule has 1 amide bonds. The fourth-order valence-electron chi connectivity index (χ4n) is 4.01. The average Bonchev–Trinajstić information content (AvgIpc) is 2.80. The van der Waals surface area contributed by atoms with E-state index in [1.807, 2.05) is 19.1 Å². The molecule has 0 saturated carbocycles. The molecule has 3 aromatic rings. The van der Waals surface area contributed by atoms with E-state index in [0.717, 1.165) is 49.6 Å². The summed E-state index contributed by atoms with van der Waals surface area (Å²) in [5.74, 6) is -0.305. The fourth-order valence-corrected chi connectivity index (χ4v) is 4.01. The lowest BCUT2D eigenvalue weighted by Crippen LogP contribution is -2.44. The number of piperazine rings is 1. The van der Waals surface area contributed by atoms with E-state index in [-0.39, 0.29) is 5.91 Å². The second-order valence-electron chi connectivity index (χ2n) is 8.36. The van der Waals surface area contributed by atoms with E-state index in [1.54, 1.807) is 24.3 Å². The van der Waals surface area contributed by atoms with Crippen LogP contribution in [-0.4, -0.2) is 44.0 Å². The van der Waals surface area contributed by atoms with Crippen LogP contribution in [0.15, 0.2) is 66.7 Å². The smallest absolute Gasteiger partial charge is 0.369 e. The molecule has 0 bridgehead atoms. The van der Waals surface area contributed by atoms with E-state index >= 15 is 0 Å². The number of carbonyl (C=O) groups excluding carboxylic acids is 1. The van der Waals surface area contributed by atoms with Crippen molar-refractivity contribution in [2.45, 2.75) is 13.1 Å². The van der Waals surface area contributed by atoms with Gasteiger partial charge in [0.2, 0.25) is 0 Å². The van der Waals surface area contributed by atoms with E-state index < -0.39 is 11.7 Å². The van der Waals surface area contributed by atoms with Crippen molar-refractivity contribution in [3.05, 3.63) is 83.4 Å². The van der Waals surface area contributed by atoms with Gasteiger partial charge in [-0.05, 0) is 67.1 Å². The van der Waals surface area contributed by atoms with Crippen LogP contribution in [0, 0.1) is 6.92 Å². The number of hydrogen-bond acceptors (Lipinski definition) is 3. The summed E-state index contributed by atoms with van der Waals surface area (Å²) in [6, 6.07) is 17.8. The zero-order valence-corrected chi connectivity index (χ0v) is 18.6. The number of anilines is 2. The second kappa shape index (κ2) is 9.27. The minimum absolute atomic E-state index is 0.305. The number of likely N-dealkylation sites (N-methyl/N-ethyl adjacent to an activating group) is 1. The van der Waals surface area contributed by atoms with Gasteiger partial charge in [0.05, 0.1) is 5.56 Å². The first-order valence-corrected chi connectivity index (χ1v) is 10.8. The number of carbonyl (C=O) groups is 1. The molecule has 1 saturated heterocycles. The Labute approximate surface area is 191 Å². The topological polar surface area (TPSA) is 35.6 Å². The largest absolute Gasteiger partial charge is 0.416 e. The summed E-state index contributed by atoms with van der Waals surface area (Å²) < 4.78 is 38.7. The molecule has 4 rings (SSSR count). The normalized spacial score (nSPS) is 14.9. The lowest BCUT2D eigenvalue weighted by molar-refractivity contribution is -0.137. The van der Waals surface area contributed by atoms with Crippen LogP contribution in [0.2, 0.25) is 0 Å². The Bertz CT molecular complexity index is 1130. The molecule has 0 radical (unpaired) electrons. The lowest BCUT2D eigenvalue weighted by Gasteiger charge is -2.34. The van der Waals surface area contributed by atoms with Gasteiger partial charge in [-0.1, -0.05) is 30.3 Å². The number of halogens is 3. The first kappa shape index (κ1) is 22.9. The number of nitrogens with one attached hydrogen (secondary N) is 1. The van der Waals surface area contributed by atoms with Gasteiger partial charge in [-0.2, -0.15) is 13.2 Å². The Morgan fingerprint density at radius 2 is 1.58 bits per heavy atom. The lowest BCUT2D eigenvalue weighted by atomic mass is 9.98. The van der Waals surface area contributed by atoms with Gasteiger partial charge in [-0.3, -0.25) is 4.79 Å². The van der Waals surface area contributed by atoms with Gasteiger partial charge >= 0.3 is 6.18 Å². The van der Waals surface area contributed by atoms with Crippen LogP contribution >= 0.6 is 0 Å². The highest BCUT2D eigenvalue weighted by Gasteiger charge is 2.30. The Hall–Kier alpha value is -3.32. The number of rotatable bonds is 4. The third-order valence-corrected chi connectivity index (χ3v) is 6.02. The predicted molar refractivity (Wildman–Crippen MR) is 126 cm³/mol. The number of benzene rings is 3. The van der Waals surface area contributed by atoms with Crippen molar-refractivity contribution >= 4 is 17.3 Å². The van der Waals surface area contributed by atoms with Gasteiger partial charge in [0.15, 0.2) is 0 Å². The molecule has 1 aliphatic heterocycles. The molecule has 7 heteroatoms. The van der Waals surface area contributed by atoms with Crippen molar-refractivity contribution < 1.29 is 18.0 Å². The van der Waals surface area contributed by atoms with Crippen molar-refractivity contribution in [1.29, 1.82) is 0 Å². The monoisotopic (exact) mass is 453 g/mol. The third-order valence-electron chi connectivity index (χ3n) is 6.02. The maximum Gasteiger partial charge on any atom is 0.416 e. The molecule has 3 aromatic carbocycles. The summed E-state index contributed by atoms with van der Waals surface area (Å²) in [7, 11) is 2.11. The van der Waals surface area contributed by atoms with Crippen molar-refractivity contribution in [3.8, 4) is 11.1 Å². The number of nitrogens with zero attached hydrogens (tertiary/aromatic N) is 2. The number of amides is 1. The van der Waals surface area contributed by atoms with Crippen molar-refractivity contribution in [1.82, 2.24) is 4.90 Å². The molecule has 4 nitrogen and oxygen atoms in total. The molecule has 1 fully saturated rings. The molecule has 0 spiro atoms. The quantitative estimate of drug-likeness (QED) is 0.552. The molecular formula is C26H26F3N3O. The summed E-state index contributed by atoms with van der Waals surface area (Å²) in [4.78, 5) is 17.7. The Kier molecular flexibility index (Phi) is 6.42. The van der Waals surface area contributed by atoms with Gasteiger partial charge in [0, 0.05) is 43.1 Å². The average molecular weight is 454 g/mol. The molecule has 1 N–H and O–H groups in total. The summed E-state index contributed by atoms with van der Waals surface area (Å²) in [5.41, 5.74) is 3.60. The Morgan fingerprint density at radius 1 is 0.909 bits per heavy atom. The predicted octanol–water partition coefficient (Wildman–Crippen LogP) is 5.68. The highest BCUT2D eigenvalue weighted by molar-refractivity contribution is 6.09. The van der Waals surface area contributed by atoms with Crippen LogP contribution in [0.5, 0.6) is 0 Å². The summed E-state index contributed by atoms with van der Waals surface area (Å²) in [6.07, 6.45) is -4.40. The van der Waals surface area contributed by atoms with Crippen molar-refractivity contribution in [2.75, 3.05) is 43.4 Å². The van der Waals surface area contributed by atoms with Crippen LogP contribution in [0.1, 0.15) is 21.5 Å². The summed E-state index contributed by atoms with van der Waals surface area (Å²) >= 11 is 0. The van der Waals surface area contributed by atoms with Crippen LogP contribution in [0.4, 0.5) is 24.5 Å². The molecule has 172 valence electrons. The summed E-state index contributed by atoms with van der Waals surface area (Å²) in [6.45, 7) is 5.90. The van der Waals surface area contributed by atoms with Crippen molar-refractivity contribution in [2.24, 2.45) is 0 Å². The molecule has 0 atom stereocenters. The van der Waals surface area contributed by atoms with E-state index in [9.17, 15) is 18.0 Å². The first-order chi connectivity index (χ1) is 15.7. The van der Waals surface area contributed by atoms with Gasteiger partial charge in [-0.25, -0.2) is 0 Å². The van der Waals surface area contributed by atoms with Crippen molar-refractivity contribution in [3.63, 3.8) is 0 Å². The molecule has 33 heavy (non-hydrogen) atoms. The second-order valence-corrected chi connectivity index (χ2v) is 8.36. The molecule has 0 aliphatic carbocycles. The fraction of sp³-hybridized carbons (Fsp3) is 0.269.